The zero-order valence-corrected chi connectivity index (χ0v) is 24.0. The molecule has 2 aliphatic rings. The van der Waals surface area contributed by atoms with Crippen LogP contribution in [0.25, 0.3) is 22.0 Å². The zero-order valence-electron chi connectivity index (χ0n) is 23.3. The van der Waals surface area contributed by atoms with E-state index in [1.165, 1.54) is 39.2 Å². The molecule has 2 amide bonds. The molecule has 1 aromatic heterocycles. The van der Waals surface area contributed by atoms with Gasteiger partial charge in [0.15, 0.2) is 0 Å². The normalized spacial score (nSPS) is 18.4. The second-order valence-electron chi connectivity index (χ2n) is 10.7. The maximum atomic E-state index is 12.4. The van der Waals surface area contributed by atoms with E-state index < -0.39 is 11.7 Å². The third kappa shape index (κ3) is 7.32. The van der Waals surface area contributed by atoms with Gasteiger partial charge in [-0.3, -0.25) is 9.78 Å². The minimum Gasteiger partial charge on any atom is -0.453 e. The summed E-state index contributed by atoms with van der Waals surface area (Å²) < 4.78 is 4.66. The Morgan fingerprint density at radius 1 is 1.15 bits per heavy atom. The molecule has 0 radical (unpaired) electrons. The molecule has 2 aromatic carbocycles. The number of hydrogen-bond donors (Lipinski definition) is 2. The molecule has 1 aliphatic heterocycles. The van der Waals surface area contributed by atoms with Gasteiger partial charge in [-0.25, -0.2) is 4.79 Å². The van der Waals surface area contributed by atoms with E-state index in [0.29, 0.717) is 43.1 Å². The topological polar surface area (TPSA) is 91.8 Å². The Labute approximate surface area is 241 Å². The summed E-state index contributed by atoms with van der Waals surface area (Å²) in [7, 11) is 1.32. The van der Waals surface area contributed by atoms with E-state index >= 15 is 0 Å². The number of benzene rings is 2. The van der Waals surface area contributed by atoms with E-state index in [-0.39, 0.29) is 5.92 Å². The number of aromatic nitrogens is 1. The Bertz CT molecular complexity index is 1270. The number of hydrogen-bond acceptors (Lipinski definition) is 5. The summed E-state index contributed by atoms with van der Waals surface area (Å²) in [6, 6.07) is 15.4. The van der Waals surface area contributed by atoms with E-state index in [9.17, 15) is 14.7 Å². The fourth-order valence-electron chi connectivity index (χ4n) is 5.94. The Balaban J connectivity index is 0.000000666. The molecule has 1 aliphatic carbocycles. The molecule has 1 saturated heterocycles. The number of pyridine rings is 1. The number of amides is 2. The number of halogens is 1. The van der Waals surface area contributed by atoms with Crippen molar-refractivity contribution in [1.29, 1.82) is 0 Å². The Morgan fingerprint density at radius 2 is 1.90 bits per heavy atom. The first-order valence-corrected chi connectivity index (χ1v) is 14.7. The van der Waals surface area contributed by atoms with Crippen molar-refractivity contribution >= 4 is 35.0 Å². The molecule has 0 bridgehead atoms. The summed E-state index contributed by atoms with van der Waals surface area (Å²) in [5, 5.41) is 16.5. The Kier molecular flexibility index (Phi) is 10.8. The first-order valence-electron chi connectivity index (χ1n) is 14.3. The highest BCUT2D eigenvalue weighted by Crippen LogP contribution is 2.45. The van der Waals surface area contributed by atoms with Crippen LogP contribution in [0.3, 0.4) is 0 Å². The number of alkyl carbamates (subject to hydrolysis) is 1. The summed E-state index contributed by atoms with van der Waals surface area (Å²) in [6.45, 7) is 1.48. The number of carbonyl (C=O) groups excluding carboxylic acids is 2. The van der Waals surface area contributed by atoms with Gasteiger partial charge in [-0.2, -0.15) is 0 Å². The predicted octanol–water partition coefficient (Wildman–Crippen LogP) is 6.70. The number of rotatable bonds is 8. The van der Waals surface area contributed by atoms with Gasteiger partial charge in [-0.1, -0.05) is 74.0 Å². The maximum Gasteiger partial charge on any atom is 0.406 e. The summed E-state index contributed by atoms with van der Waals surface area (Å²) >= 11 is 6.76. The highest BCUT2D eigenvalue weighted by molar-refractivity contribution is 6.33. The molecular weight excluding hydrogens is 526 g/mol. The lowest BCUT2D eigenvalue weighted by Gasteiger charge is -2.43. The fourth-order valence-corrected chi connectivity index (χ4v) is 6.22. The minimum atomic E-state index is -1.27. The third-order valence-electron chi connectivity index (χ3n) is 8.08. The average Bonchev–Trinajstić information content (AvgIpc) is 3.59. The van der Waals surface area contributed by atoms with Crippen LogP contribution in [0.2, 0.25) is 5.02 Å². The monoisotopic (exact) mass is 565 g/mol. The van der Waals surface area contributed by atoms with Crippen LogP contribution in [0.4, 0.5) is 4.79 Å². The maximum absolute atomic E-state index is 12.4. The number of para-hydroxylation sites is 1. The van der Waals surface area contributed by atoms with Gasteiger partial charge in [0, 0.05) is 53.3 Å². The summed E-state index contributed by atoms with van der Waals surface area (Å²) in [4.78, 5) is 29.4. The van der Waals surface area contributed by atoms with Crippen molar-refractivity contribution < 1.29 is 19.4 Å². The number of methoxy groups -OCH3 is 1. The van der Waals surface area contributed by atoms with Crippen molar-refractivity contribution in [3.05, 3.63) is 65.3 Å². The van der Waals surface area contributed by atoms with Crippen LogP contribution < -0.4 is 5.32 Å². The number of fused-ring (bicyclic) bond motifs is 1. The van der Waals surface area contributed by atoms with Gasteiger partial charge in [0.1, 0.15) is 0 Å². The Morgan fingerprint density at radius 3 is 2.62 bits per heavy atom. The predicted molar refractivity (Wildman–Crippen MR) is 159 cm³/mol. The highest BCUT2D eigenvalue weighted by atomic mass is 35.5. The van der Waals surface area contributed by atoms with Crippen LogP contribution in [0.15, 0.2) is 54.7 Å². The lowest BCUT2D eigenvalue weighted by molar-refractivity contribution is -0.123. The number of aliphatic hydroxyl groups is 1. The van der Waals surface area contributed by atoms with Crippen LogP contribution in [0.5, 0.6) is 0 Å². The van der Waals surface area contributed by atoms with Crippen molar-refractivity contribution in [2.75, 3.05) is 26.7 Å². The largest absolute Gasteiger partial charge is 0.453 e. The van der Waals surface area contributed by atoms with E-state index in [2.05, 4.69) is 15.0 Å². The van der Waals surface area contributed by atoms with Crippen LogP contribution in [0, 0.1) is 5.92 Å². The van der Waals surface area contributed by atoms with Crippen LogP contribution >= 0.6 is 11.6 Å². The van der Waals surface area contributed by atoms with Gasteiger partial charge in [0.25, 0.3) is 0 Å². The molecule has 3 aromatic rings. The van der Waals surface area contributed by atoms with Crippen molar-refractivity contribution in [1.82, 2.24) is 15.2 Å². The molecule has 40 heavy (non-hydrogen) atoms. The quantitative estimate of drug-likeness (QED) is 0.234. The molecule has 7 nitrogen and oxygen atoms in total. The molecule has 1 saturated carbocycles. The number of piperidine rings is 1. The van der Waals surface area contributed by atoms with Crippen molar-refractivity contribution in [2.24, 2.45) is 5.92 Å². The molecule has 214 valence electrons. The molecule has 2 heterocycles. The number of nitrogens with one attached hydrogen (secondary N) is 1. The van der Waals surface area contributed by atoms with Crippen molar-refractivity contribution in [2.45, 2.75) is 63.4 Å². The number of nitrogens with zero attached hydrogens (tertiary/aromatic N) is 2. The van der Waals surface area contributed by atoms with Crippen molar-refractivity contribution in [3.8, 4) is 11.1 Å². The minimum absolute atomic E-state index is 0.190. The zero-order chi connectivity index (χ0) is 28.4. The SMILES string of the molecule is C1CCCC1.COC(=O)NCCCC(O)(c1cccc(Cl)c1-c1cnc2ccccc2c1)C1CCCN(C=O)C1. The smallest absolute Gasteiger partial charge is 0.406 e. The van der Waals surface area contributed by atoms with Crippen LogP contribution in [0.1, 0.15) is 63.4 Å². The van der Waals surface area contributed by atoms with Gasteiger partial charge in [0.05, 0.1) is 18.2 Å². The molecule has 2 unspecified atom stereocenters. The second kappa shape index (κ2) is 14.5. The van der Waals surface area contributed by atoms with E-state index in [4.69, 9.17) is 11.6 Å². The number of ether oxygens (including phenoxy) is 1. The van der Waals surface area contributed by atoms with Crippen LogP contribution in [-0.4, -0.2) is 54.2 Å². The van der Waals surface area contributed by atoms with Gasteiger partial charge >= 0.3 is 6.09 Å². The number of carbonyl (C=O) groups is 2. The summed E-state index contributed by atoms with van der Waals surface area (Å²) in [6.07, 6.45) is 12.1. The Hall–Kier alpha value is -3.16. The van der Waals surface area contributed by atoms with E-state index in [0.717, 1.165) is 41.3 Å². The third-order valence-corrected chi connectivity index (χ3v) is 8.39. The van der Waals surface area contributed by atoms with E-state index in [1.54, 1.807) is 11.1 Å². The first-order chi connectivity index (χ1) is 19.5. The van der Waals surface area contributed by atoms with Gasteiger partial charge < -0.3 is 20.1 Å². The summed E-state index contributed by atoms with van der Waals surface area (Å²) in [5.74, 6) is -0.190. The molecule has 0 spiro atoms. The van der Waals surface area contributed by atoms with Gasteiger partial charge in [0.2, 0.25) is 6.41 Å². The molecule has 2 atom stereocenters. The lowest BCUT2D eigenvalue weighted by Crippen LogP contribution is -2.46. The van der Waals surface area contributed by atoms with Gasteiger partial charge in [-0.15, -0.1) is 0 Å². The fraction of sp³-hybridized carbons (Fsp3) is 0.469. The first kappa shape index (κ1) is 29.8. The molecular formula is C32H40ClN3O4. The van der Waals surface area contributed by atoms with E-state index in [1.807, 2.05) is 48.5 Å². The molecule has 8 heteroatoms. The average molecular weight is 566 g/mol. The lowest BCUT2D eigenvalue weighted by atomic mass is 9.72. The number of likely N-dealkylation sites (tertiary alicyclic amines) is 1. The molecule has 2 N–H and O–H groups in total. The highest BCUT2D eigenvalue weighted by Gasteiger charge is 2.42. The van der Waals surface area contributed by atoms with Crippen LogP contribution in [-0.2, 0) is 15.1 Å². The second-order valence-corrected chi connectivity index (χ2v) is 11.1. The standard InChI is InChI=1S/C27H30ClN3O4.C5H10/c1-35-26(33)29-13-6-12-27(34,21-8-5-14-31(17-21)18-32)22-9-4-10-23(28)25(22)20-15-19-7-2-3-11-24(19)30-16-20;1-2-4-5-3-1/h2-4,7,9-11,15-16,18,21,34H,5-6,8,12-14,17H2,1H3,(H,29,33);1-5H2. The summed E-state index contributed by atoms with van der Waals surface area (Å²) in [5.41, 5.74) is 1.86. The molecule has 5 rings (SSSR count). The van der Waals surface area contributed by atoms with Gasteiger partial charge in [-0.05, 0) is 49.4 Å². The van der Waals surface area contributed by atoms with Crippen molar-refractivity contribution in [3.63, 3.8) is 0 Å². The molecule has 2 fully saturated rings.